The van der Waals surface area contributed by atoms with Gasteiger partial charge in [0, 0.05) is 31.7 Å². The minimum Gasteiger partial charge on any atom is -0.497 e. The number of benzene rings is 1. The van der Waals surface area contributed by atoms with E-state index < -0.39 is 12.1 Å². The maximum atomic E-state index is 12.7. The molecule has 0 unspecified atom stereocenters. The van der Waals surface area contributed by atoms with Gasteiger partial charge in [0.2, 0.25) is 5.91 Å². The quantitative estimate of drug-likeness (QED) is 0.823. The SMILES string of the molecule is COc1ccc([C@H]2CCC[C@H]3[C@@H]4C[C@@H](CN(C(=O)[C@H](N)[C@H](C)O)C4)CN23)cc1. The molecule has 0 saturated carbocycles. The summed E-state index contributed by atoms with van der Waals surface area (Å²) in [6.45, 7) is 4.15. The third-order valence-electron chi connectivity index (χ3n) is 7.00. The summed E-state index contributed by atoms with van der Waals surface area (Å²) in [5.41, 5.74) is 7.30. The largest absolute Gasteiger partial charge is 0.497 e. The predicted molar refractivity (Wildman–Crippen MR) is 108 cm³/mol. The zero-order valence-electron chi connectivity index (χ0n) is 17.0. The van der Waals surface area contributed by atoms with Crippen molar-refractivity contribution in [2.75, 3.05) is 26.7 Å². The van der Waals surface area contributed by atoms with Gasteiger partial charge < -0.3 is 20.5 Å². The average Bonchev–Trinajstić information content (AvgIpc) is 2.72. The highest BCUT2D eigenvalue weighted by molar-refractivity contribution is 5.82. The van der Waals surface area contributed by atoms with E-state index in [2.05, 4.69) is 29.2 Å². The van der Waals surface area contributed by atoms with E-state index >= 15 is 0 Å². The predicted octanol–water partition coefficient (Wildman–Crippen LogP) is 1.78. The topological polar surface area (TPSA) is 79.0 Å². The van der Waals surface area contributed by atoms with Crippen molar-refractivity contribution in [3.63, 3.8) is 0 Å². The Balaban J connectivity index is 1.50. The number of rotatable bonds is 4. The van der Waals surface area contributed by atoms with Crippen LogP contribution in [0.4, 0.5) is 0 Å². The molecule has 0 spiro atoms. The van der Waals surface area contributed by atoms with Crippen molar-refractivity contribution >= 4 is 5.91 Å². The molecule has 154 valence electrons. The number of aliphatic hydroxyl groups is 1. The first-order valence-electron chi connectivity index (χ1n) is 10.6. The molecule has 3 fully saturated rings. The molecule has 0 aliphatic carbocycles. The smallest absolute Gasteiger partial charge is 0.242 e. The minimum absolute atomic E-state index is 0.0966. The maximum absolute atomic E-state index is 12.7. The number of carbonyl (C=O) groups is 1. The fourth-order valence-corrected chi connectivity index (χ4v) is 5.59. The zero-order chi connectivity index (χ0) is 19.8. The third kappa shape index (κ3) is 3.65. The van der Waals surface area contributed by atoms with Gasteiger partial charge in [-0.1, -0.05) is 12.1 Å². The summed E-state index contributed by atoms with van der Waals surface area (Å²) in [6.07, 6.45) is 4.01. The number of hydrogen-bond acceptors (Lipinski definition) is 5. The Bertz CT molecular complexity index is 693. The number of hydrogen-bond donors (Lipinski definition) is 2. The molecule has 3 aliphatic heterocycles. The summed E-state index contributed by atoms with van der Waals surface area (Å²) in [6, 6.07) is 8.69. The average molecular weight is 388 g/mol. The standard InChI is InChI=1S/C22H33N3O3/c1-14(26)21(23)22(27)24-11-15-10-17(13-24)20-5-3-4-19(25(20)12-15)16-6-8-18(28-2)9-7-16/h6-9,14-15,17,19-21,26H,3-5,10-13,23H2,1-2H3/t14-,15-,17+,19+,20-,21+/m0/s1. The van der Waals surface area contributed by atoms with Crippen LogP contribution in [0.5, 0.6) is 5.75 Å². The summed E-state index contributed by atoms with van der Waals surface area (Å²) < 4.78 is 5.31. The second-order valence-corrected chi connectivity index (χ2v) is 8.86. The molecule has 3 N–H and O–H groups in total. The fraction of sp³-hybridized carbons (Fsp3) is 0.682. The fourth-order valence-electron chi connectivity index (χ4n) is 5.59. The first-order valence-corrected chi connectivity index (χ1v) is 10.6. The first kappa shape index (κ1) is 19.7. The number of nitrogens with zero attached hydrogens (tertiary/aromatic N) is 2. The maximum Gasteiger partial charge on any atom is 0.242 e. The summed E-state index contributed by atoms with van der Waals surface area (Å²) in [7, 11) is 1.70. The Morgan fingerprint density at radius 2 is 1.96 bits per heavy atom. The molecular formula is C22H33N3O3. The monoisotopic (exact) mass is 387 g/mol. The highest BCUT2D eigenvalue weighted by atomic mass is 16.5. The van der Waals surface area contributed by atoms with E-state index in [1.54, 1.807) is 14.0 Å². The molecule has 6 atom stereocenters. The normalized spacial score (nSPS) is 32.4. The number of amides is 1. The van der Waals surface area contributed by atoms with Crippen LogP contribution in [-0.2, 0) is 4.79 Å². The number of ether oxygens (including phenoxy) is 1. The molecule has 3 aliphatic rings. The molecular weight excluding hydrogens is 354 g/mol. The van der Waals surface area contributed by atoms with E-state index in [0.717, 1.165) is 25.4 Å². The van der Waals surface area contributed by atoms with Crippen LogP contribution in [-0.4, -0.2) is 65.7 Å². The van der Waals surface area contributed by atoms with Crippen LogP contribution in [0.25, 0.3) is 0 Å². The molecule has 0 aromatic heterocycles. The molecule has 1 amide bonds. The van der Waals surface area contributed by atoms with Crippen molar-refractivity contribution in [1.29, 1.82) is 0 Å². The summed E-state index contributed by atoms with van der Waals surface area (Å²) in [5.74, 6) is 1.79. The number of likely N-dealkylation sites (tertiary alicyclic amines) is 1. The second kappa shape index (κ2) is 8.01. The zero-order valence-corrected chi connectivity index (χ0v) is 17.0. The molecule has 28 heavy (non-hydrogen) atoms. The van der Waals surface area contributed by atoms with Crippen molar-refractivity contribution in [2.24, 2.45) is 17.6 Å². The lowest BCUT2D eigenvalue weighted by Crippen LogP contribution is -2.62. The number of piperidine rings is 3. The van der Waals surface area contributed by atoms with Crippen LogP contribution >= 0.6 is 0 Å². The van der Waals surface area contributed by atoms with Gasteiger partial charge in [-0.25, -0.2) is 0 Å². The van der Waals surface area contributed by atoms with Gasteiger partial charge in [0.15, 0.2) is 0 Å². The highest BCUT2D eigenvalue weighted by Crippen LogP contribution is 2.44. The Kier molecular flexibility index (Phi) is 5.63. The van der Waals surface area contributed by atoms with Crippen molar-refractivity contribution in [2.45, 2.75) is 56.8 Å². The van der Waals surface area contributed by atoms with Crippen molar-refractivity contribution in [1.82, 2.24) is 9.80 Å². The lowest BCUT2D eigenvalue weighted by atomic mass is 9.73. The highest BCUT2D eigenvalue weighted by Gasteiger charge is 2.46. The Hall–Kier alpha value is -1.63. The molecule has 3 saturated heterocycles. The van der Waals surface area contributed by atoms with Gasteiger partial charge in [-0.05, 0) is 62.1 Å². The number of nitrogens with two attached hydrogens (primary N) is 1. The van der Waals surface area contributed by atoms with E-state index in [0.29, 0.717) is 23.9 Å². The summed E-state index contributed by atoms with van der Waals surface area (Å²) >= 11 is 0. The van der Waals surface area contributed by atoms with Crippen molar-refractivity contribution < 1.29 is 14.6 Å². The Morgan fingerprint density at radius 3 is 2.64 bits per heavy atom. The van der Waals surface area contributed by atoms with Crippen molar-refractivity contribution in [3.05, 3.63) is 29.8 Å². The molecule has 6 nitrogen and oxygen atoms in total. The van der Waals surface area contributed by atoms with Gasteiger partial charge in [0.25, 0.3) is 0 Å². The Morgan fingerprint density at radius 1 is 1.21 bits per heavy atom. The van der Waals surface area contributed by atoms with Crippen LogP contribution in [0.3, 0.4) is 0 Å². The first-order chi connectivity index (χ1) is 13.5. The van der Waals surface area contributed by atoms with Crippen LogP contribution in [0.1, 0.15) is 44.2 Å². The van der Waals surface area contributed by atoms with E-state index in [9.17, 15) is 9.90 Å². The Labute approximate surface area is 167 Å². The van der Waals surface area contributed by atoms with E-state index in [-0.39, 0.29) is 5.91 Å². The molecule has 0 radical (unpaired) electrons. The molecule has 1 aromatic carbocycles. The lowest BCUT2D eigenvalue weighted by Gasteiger charge is -2.55. The van der Waals surface area contributed by atoms with Gasteiger partial charge in [0.1, 0.15) is 11.8 Å². The van der Waals surface area contributed by atoms with Crippen LogP contribution < -0.4 is 10.5 Å². The molecule has 6 heteroatoms. The molecule has 4 rings (SSSR count). The molecule has 1 aromatic rings. The van der Waals surface area contributed by atoms with Gasteiger partial charge in [-0.15, -0.1) is 0 Å². The van der Waals surface area contributed by atoms with E-state index in [1.807, 2.05) is 4.90 Å². The second-order valence-electron chi connectivity index (χ2n) is 8.86. The molecule has 3 heterocycles. The number of aliphatic hydroxyl groups excluding tert-OH is 1. The van der Waals surface area contributed by atoms with Gasteiger partial charge >= 0.3 is 0 Å². The number of methoxy groups -OCH3 is 1. The van der Waals surface area contributed by atoms with Crippen LogP contribution in [0.2, 0.25) is 0 Å². The number of carbonyl (C=O) groups excluding carboxylic acids is 1. The summed E-state index contributed by atoms with van der Waals surface area (Å²) in [5, 5.41) is 9.72. The summed E-state index contributed by atoms with van der Waals surface area (Å²) in [4.78, 5) is 17.3. The minimum atomic E-state index is -0.812. The van der Waals surface area contributed by atoms with Crippen molar-refractivity contribution in [3.8, 4) is 5.75 Å². The van der Waals surface area contributed by atoms with E-state index in [1.165, 1.54) is 31.2 Å². The van der Waals surface area contributed by atoms with Crippen LogP contribution in [0, 0.1) is 11.8 Å². The number of fused-ring (bicyclic) bond motifs is 4. The lowest BCUT2D eigenvalue weighted by molar-refractivity contribution is -0.142. The van der Waals surface area contributed by atoms with Gasteiger partial charge in [0.05, 0.1) is 13.2 Å². The van der Waals surface area contributed by atoms with Crippen LogP contribution in [0.15, 0.2) is 24.3 Å². The van der Waals surface area contributed by atoms with Gasteiger partial charge in [-0.3, -0.25) is 9.69 Å². The third-order valence-corrected chi connectivity index (χ3v) is 7.00. The van der Waals surface area contributed by atoms with Gasteiger partial charge in [-0.2, -0.15) is 0 Å². The molecule has 2 bridgehead atoms. The van der Waals surface area contributed by atoms with E-state index in [4.69, 9.17) is 10.5 Å².